The van der Waals surface area contributed by atoms with Crippen molar-refractivity contribution in [3.8, 4) is 0 Å². The molecule has 0 aromatic heterocycles. The van der Waals surface area contributed by atoms with E-state index in [4.69, 9.17) is 4.74 Å². The summed E-state index contributed by atoms with van der Waals surface area (Å²) in [5.41, 5.74) is 1.35. The van der Waals surface area contributed by atoms with Crippen LogP contribution in [0.25, 0.3) is 0 Å². The normalized spacial score (nSPS) is 12.6. The number of benzene rings is 1. The van der Waals surface area contributed by atoms with Crippen molar-refractivity contribution in [1.82, 2.24) is 5.32 Å². The fourth-order valence-corrected chi connectivity index (χ4v) is 1.75. The number of rotatable bonds is 9. The largest absolute Gasteiger partial charge is 0.377 e. The van der Waals surface area contributed by atoms with Gasteiger partial charge in [-0.05, 0) is 31.4 Å². The Morgan fingerprint density at radius 2 is 1.94 bits per heavy atom. The van der Waals surface area contributed by atoms with E-state index in [2.05, 4.69) is 43.4 Å². The average Bonchev–Trinajstić information content (AvgIpc) is 2.38. The van der Waals surface area contributed by atoms with Crippen molar-refractivity contribution in [2.75, 3.05) is 19.7 Å². The zero-order chi connectivity index (χ0) is 12.3. The Hall–Kier alpha value is -0.860. The van der Waals surface area contributed by atoms with Crippen molar-refractivity contribution in [1.29, 1.82) is 0 Å². The summed E-state index contributed by atoms with van der Waals surface area (Å²) >= 11 is 0. The molecular weight excluding hydrogens is 210 g/mol. The highest BCUT2D eigenvalue weighted by Gasteiger charge is 2.05. The second-order valence-electron chi connectivity index (χ2n) is 4.34. The molecule has 0 aliphatic carbocycles. The molecule has 1 unspecified atom stereocenters. The average molecular weight is 235 g/mol. The molecule has 0 fully saturated rings. The molecule has 0 saturated carbocycles. The first kappa shape index (κ1) is 14.2. The smallest absolute Gasteiger partial charge is 0.0696 e. The van der Waals surface area contributed by atoms with E-state index < -0.39 is 0 Å². The highest BCUT2D eigenvalue weighted by atomic mass is 16.5. The van der Waals surface area contributed by atoms with Gasteiger partial charge in [0.05, 0.1) is 12.7 Å². The minimum absolute atomic E-state index is 0.352. The van der Waals surface area contributed by atoms with Gasteiger partial charge in [0.2, 0.25) is 0 Å². The second kappa shape index (κ2) is 9.20. The Balaban J connectivity index is 2.15. The number of nitrogens with one attached hydrogen (secondary N) is 1. The maximum Gasteiger partial charge on any atom is 0.0696 e. The molecule has 0 spiro atoms. The van der Waals surface area contributed by atoms with Gasteiger partial charge in [-0.25, -0.2) is 0 Å². The van der Waals surface area contributed by atoms with Crippen LogP contribution in [0.15, 0.2) is 30.3 Å². The molecule has 17 heavy (non-hydrogen) atoms. The Morgan fingerprint density at radius 1 is 1.18 bits per heavy atom. The second-order valence-corrected chi connectivity index (χ2v) is 4.34. The van der Waals surface area contributed by atoms with Gasteiger partial charge in [0.15, 0.2) is 0 Å². The molecule has 1 N–H and O–H groups in total. The van der Waals surface area contributed by atoms with Gasteiger partial charge in [-0.3, -0.25) is 0 Å². The lowest BCUT2D eigenvalue weighted by atomic mass is 10.2. The zero-order valence-corrected chi connectivity index (χ0v) is 11.1. The fraction of sp³-hybridized carbons (Fsp3) is 0.600. The van der Waals surface area contributed by atoms with Crippen molar-refractivity contribution < 1.29 is 4.74 Å². The first-order chi connectivity index (χ1) is 8.36. The van der Waals surface area contributed by atoms with Crippen molar-refractivity contribution in [2.24, 2.45) is 0 Å². The summed E-state index contributed by atoms with van der Waals surface area (Å²) in [6.07, 6.45) is 3.61. The molecule has 0 saturated heterocycles. The van der Waals surface area contributed by atoms with E-state index in [1.165, 1.54) is 12.0 Å². The third-order valence-corrected chi connectivity index (χ3v) is 2.84. The van der Waals surface area contributed by atoms with Crippen molar-refractivity contribution >= 4 is 0 Å². The van der Waals surface area contributed by atoms with E-state index in [9.17, 15) is 0 Å². The summed E-state index contributed by atoms with van der Waals surface area (Å²) in [4.78, 5) is 0. The summed E-state index contributed by atoms with van der Waals surface area (Å²) in [5, 5.41) is 3.41. The van der Waals surface area contributed by atoms with E-state index in [0.717, 1.165) is 32.5 Å². The maximum absolute atomic E-state index is 5.88. The molecule has 0 aliphatic rings. The molecule has 1 atom stereocenters. The molecule has 0 radical (unpaired) electrons. The standard InChI is InChI=1S/C15H25NO/c1-3-11-16-13-15(4-2)17-12-10-14-8-6-5-7-9-14/h5-9,15-16H,3-4,10-13H2,1-2H3. The summed E-state index contributed by atoms with van der Waals surface area (Å²) in [7, 11) is 0. The molecule has 2 heteroatoms. The molecular formula is C15H25NO. The van der Waals surface area contributed by atoms with E-state index in [1.54, 1.807) is 0 Å². The van der Waals surface area contributed by atoms with E-state index in [-0.39, 0.29) is 0 Å². The van der Waals surface area contributed by atoms with E-state index in [0.29, 0.717) is 6.10 Å². The Bertz CT molecular complexity index is 274. The van der Waals surface area contributed by atoms with Gasteiger partial charge in [-0.2, -0.15) is 0 Å². The molecule has 0 heterocycles. The fourth-order valence-electron chi connectivity index (χ4n) is 1.75. The summed E-state index contributed by atoms with van der Waals surface area (Å²) in [6.45, 7) is 7.24. The lowest BCUT2D eigenvalue weighted by Crippen LogP contribution is -2.29. The monoisotopic (exact) mass is 235 g/mol. The number of hydrogen-bond donors (Lipinski definition) is 1. The van der Waals surface area contributed by atoms with E-state index >= 15 is 0 Å². The van der Waals surface area contributed by atoms with Crippen molar-refractivity contribution in [3.63, 3.8) is 0 Å². The van der Waals surface area contributed by atoms with Gasteiger partial charge >= 0.3 is 0 Å². The first-order valence-corrected chi connectivity index (χ1v) is 6.73. The lowest BCUT2D eigenvalue weighted by Gasteiger charge is -2.16. The lowest BCUT2D eigenvalue weighted by molar-refractivity contribution is 0.0530. The van der Waals surface area contributed by atoms with Gasteiger partial charge in [0.25, 0.3) is 0 Å². The van der Waals surface area contributed by atoms with Crippen LogP contribution in [-0.4, -0.2) is 25.8 Å². The van der Waals surface area contributed by atoms with Crippen LogP contribution in [0.4, 0.5) is 0 Å². The quantitative estimate of drug-likeness (QED) is 0.664. The van der Waals surface area contributed by atoms with Gasteiger partial charge in [0, 0.05) is 6.54 Å². The maximum atomic E-state index is 5.88. The minimum Gasteiger partial charge on any atom is -0.377 e. The van der Waals surface area contributed by atoms with Crippen LogP contribution in [0.1, 0.15) is 32.3 Å². The van der Waals surface area contributed by atoms with E-state index in [1.807, 2.05) is 6.07 Å². The molecule has 96 valence electrons. The Kier molecular flexibility index (Phi) is 7.69. The third-order valence-electron chi connectivity index (χ3n) is 2.84. The Morgan fingerprint density at radius 3 is 2.59 bits per heavy atom. The van der Waals surface area contributed by atoms with Gasteiger partial charge in [-0.15, -0.1) is 0 Å². The van der Waals surface area contributed by atoms with Crippen LogP contribution < -0.4 is 5.32 Å². The molecule has 0 bridgehead atoms. The predicted octanol–water partition coefficient (Wildman–Crippen LogP) is 3.02. The van der Waals surface area contributed by atoms with Gasteiger partial charge in [-0.1, -0.05) is 44.2 Å². The molecule has 1 aromatic rings. The highest BCUT2D eigenvalue weighted by molar-refractivity contribution is 5.14. The van der Waals surface area contributed by atoms with Crippen LogP contribution in [0, 0.1) is 0 Å². The molecule has 2 nitrogen and oxygen atoms in total. The van der Waals surface area contributed by atoms with Crippen LogP contribution in [0.5, 0.6) is 0 Å². The minimum atomic E-state index is 0.352. The van der Waals surface area contributed by atoms with Crippen molar-refractivity contribution in [3.05, 3.63) is 35.9 Å². The number of ether oxygens (including phenoxy) is 1. The summed E-state index contributed by atoms with van der Waals surface area (Å²) in [6, 6.07) is 10.5. The van der Waals surface area contributed by atoms with Crippen LogP contribution in [0.2, 0.25) is 0 Å². The molecule has 0 amide bonds. The van der Waals surface area contributed by atoms with Crippen LogP contribution in [0.3, 0.4) is 0 Å². The third kappa shape index (κ3) is 6.44. The molecule has 1 aromatic carbocycles. The van der Waals surface area contributed by atoms with Crippen LogP contribution >= 0.6 is 0 Å². The predicted molar refractivity (Wildman–Crippen MR) is 73.3 cm³/mol. The Labute approximate surface area is 105 Å². The highest BCUT2D eigenvalue weighted by Crippen LogP contribution is 2.02. The SMILES string of the molecule is CCCNCC(CC)OCCc1ccccc1. The van der Waals surface area contributed by atoms with Crippen LogP contribution in [-0.2, 0) is 11.2 Å². The molecule has 1 rings (SSSR count). The van der Waals surface area contributed by atoms with Gasteiger partial charge in [0.1, 0.15) is 0 Å². The first-order valence-electron chi connectivity index (χ1n) is 6.73. The van der Waals surface area contributed by atoms with Gasteiger partial charge < -0.3 is 10.1 Å². The summed E-state index contributed by atoms with van der Waals surface area (Å²) < 4.78 is 5.88. The van der Waals surface area contributed by atoms with Crippen molar-refractivity contribution in [2.45, 2.75) is 39.2 Å². The number of hydrogen-bond acceptors (Lipinski definition) is 2. The topological polar surface area (TPSA) is 21.3 Å². The summed E-state index contributed by atoms with van der Waals surface area (Å²) in [5.74, 6) is 0. The zero-order valence-electron chi connectivity index (χ0n) is 11.1. The molecule has 0 aliphatic heterocycles.